The molecular formula is C18H21N7O. The molecule has 4 heterocycles. The number of hydrogen-bond acceptors (Lipinski definition) is 7. The molecule has 1 aliphatic rings. The Bertz CT molecular complexity index is 859. The van der Waals surface area contributed by atoms with E-state index in [0.29, 0.717) is 17.7 Å². The van der Waals surface area contributed by atoms with Gasteiger partial charge in [0.25, 0.3) is 0 Å². The molecule has 8 nitrogen and oxygen atoms in total. The van der Waals surface area contributed by atoms with Crippen LogP contribution in [-0.4, -0.2) is 44.4 Å². The molecule has 134 valence electrons. The smallest absolute Gasteiger partial charge is 0.163 e. The van der Waals surface area contributed by atoms with Crippen LogP contribution in [-0.2, 0) is 4.74 Å². The Morgan fingerprint density at radius 2 is 1.81 bits per heavy atom. The van der Waals surface area contributed by atoms with Crippen LogP contribution in [0.2, 0.25) is 0 Å². The molecular weight excluding hydrogens is 330 g/mol. The first kappa shape index (κ1) is 16.5. The highest BCUT2D eigenvalue weighted by Gasteiger charge is 2.16. The van der Waals surface area contributed by atoms with E-state index in [1.165, 1.54) is 0 Å². The van der Waals surface area contributed by atoms with E-state index in [-0.39, 0.29) is 0 Å². The van der Waals surface area contributed by atoms with Gasteiger partial charge in [-0.2, -0.15) is 5.10 Å². The topological polar surface area (TPSA) is 101 Å². The molecule has 0 spiro atoms. The van der Waals surface area contributed by atoms with Gasteiger partial charge < -0.3 is 15.4 Å². The zero-order valence-corrected chi connectivity index (χ0v) is 14.6. The number of anilines is 3. The Labute approximate surface area is 151 Å². The van der Waals surface area contributed by atoms with Crippen molar-refractivity contribution in [1.29, 1.82) is 0 Å². The maximum absolute atomic E-state index is 5.43. The van der Waals surface area contributed by atoms with Crippen molar-refractivity contribution in [2.24, 2.45) is 0 Å². The van der Waals surface area contributed by atoms with Crippen molar-refractivity contribution in [3.05, 3.63) is 42.4 Å². The number of pyridine rings is 1. The average molecular weight is 351 g/mol. The molecule has 26 heavy (non-hydrogen) atoms. The molecule has 0 amide bonds. The van der Waals surface area contributed by atoms with Gasteiger partial charge in [-0.15, -0.1) is 0 Å². The molecule has 0 unspecified atom stereocenters. The summed E-state index contributed by atoms with van der Waals surface area (Å²) >= 11 is 0. The van der Waals surface area contributed by atoms with Gasteiger partial charge in [-0.3, -0.25) is 10.1 Å². The van der Waals surface area contributed by atoms with Gasteiger partial charge in [0.2, 0.25) is 0 Å². The first-order valence-electron chi connectivity index (χ1n) is 8.69. The van der Waals surface area contributed by atoms with Gasteiger partial charge in [-0.1, -0.05) is 0 Å². The number of H-pyrrole nitrogens is 1. The standard InChI is InChI=1S/C18H21N7O/c1-12-10-17(25-24-12)21-16-11-15(20-14-4-8-26-9-5-14)22-18(23-16)13-2-6-19-7-3-13/h2-3,6-7,10-11,14H,4-5,8-9H2,1H3,(H3,20,21,22,23,24,25). The maximum atomic E-state index is 5.43. The summed E-state index contributed by atoms with van der Waals surface area (Å²) in [6.45, 7) is 3.51. The molecule has 0 saturated carbocycles. The number of aromatic amines is 1. The average Bonchev–Trinajstić information content (AvgIpc) is 3.08. The predicted molar refractivity (Wildman–Crippen MR) is 99.3 cm³/mol. The highest BCUT2D eigenvalue weighted by Crippen LogP contribution is 2.23. The summed E-state index contributed by atoms with van der Waals surface area (Å²) in [7, 11) is 0. The number of rotatable bonds is 5. The minimum Gasteiger partial charge on any atom is -0.381 e. The number of nitrogens with zero attached hydrogens (tertiary/aromatic N) is 4. The molecule has 1 saturated heterocycles. The molecule has 1 fully saturated rings. The zero-order valence-electron chi connectivity index (χ0n) is 14.6. The van der Waals surface area contributed by atoms with Gasteiger partial charge in [0.05, 0.1) is 0 Å². The van der Waals surface area contributed by atoms with Crippen molar-refractivity contribution in [3.63, 3.8) is 0 Å². The monoisotopic (exact) mass is 351 g/mol. The van der Waals surface area contributed by atoms with Crippen molar-refractivity contribution in [3.8, 4) is 11.4 Å². The summed E-state index contributed by atoms with van der Waals surface area (Å²) in [6.07, 6.45) is 5.41. The molecule has 3 aromatic heterocycles. The van der Waals surface area contributed by atoms with Crippen LogP contribution in [0.1, 0.15) is 18.5 Å². The zero-order chi connectivity index (χ0) is 17.8. The van der Waals surface area contributed by atoms with Crippen LogP contribution in [0.5, 0.6) is 0 Å². The second kappa shape index (κ2) is 7.49. The summed E-state index contributed by atoms with van der Waals surface area (Å²) in [5, 5.41) is 13.9. The van der Waals surface area contributed by atoms with Crippen LogP contribution in [0.4, 0.5) is 17.5 Å². The number of hydrogen-bond donors (Lipinski definition) is 3. The molecule has 0 atom stereocenters. The lowest BCUT2D eigenvalue weighted by Gasteiger charge is -2.24. The highest BCUT2D eigenvalue weighted by molar-refractivity contribution is 5.63. The summed E-state index contributed by atoms with van der Waals surface area (Å²) in [4.78, 5) is 13.4. The molecule has 3 N–H and O–H groups in total. The lowest BCUT2D eigenvalue weighted by Crippen LogP contribution is -2.28. The van der Waals surface area contributed by atoms with Crippen LogP contribution in [0.3, 0.4) is 0 Å². The second-order valence-corrected chi connectivity index (χ2v) is 6.29. The Morgan fingerprint density at radius 1 is 1.04 bits per heavy atom. The fraction of sp³-hybridized carbons (Fsp3) is 0.333. The largest absolute Gasteiger partial charge is 0.381 e. The van der Waals surface area contributed by atoms with Gasteiger partial charge in [0.1, 0.15) is 11.6 Å². The first-order valence-corrected chi connectivity index (χ1v) is 8.69. The number of ether oxygens (including phenoxy) is 1. The van der Waals surface area contributed by atoms with Crippen LogP contribution < -0.4 is 10.6 Å². The van der Waals surface area contributed by atoms with Crippen LogP contribution >= 0.6 is 0 Å². The third kappa shape index (κ3) is 3.97. The summed E-state index contributed by atoms with van der Waals surface area (Å²) in [5.74, 6) is 2.83. The number of aryl methyl sites for hydroxylation is 1. The molecule has 4 rings (SSSR count). The normalized spacial score (nSPS) is 15.0. The third-order valence-electron chi connectivity index (χ3n) is 4.20. The van der Waals surface area contributed by atoms with Gasteiger partial charge >= 0.3 is 0 Å². The van der Waals surface area contributed by atoms with Crippen molar-refractivity contribution in [1.82, 2.24) is 25.1 Å². The van der Waals surface area contributed by atoms with Gasteiger partial charge in [0, 0.05) is 55.0 Å². The summed E-state index contributed by atoms with van der Waals surface area (Å²) in [5.41, 5.74) is 1.90. The van der Waals surface area contributed by atoms with E-state index in [1.807, 2.05) is 31.2 Å². The minimum atomic E-state index is 0.351. The van der Waals surface area contributed by atoms with Crippen LogP contribution in [0, 0.1) is 6.92 Å². The number of aromatic nitrogens is 5. The van der Waals surface area contributed by atoms with Gasteiger partial charge in [0.15, 0.2) is 11.6 Å². The Balaban J connectivity index is 1.64. The predicted octanol–water partition coefficient (Wildman–Crippen LogP) is 2.90. The lowest BCUT2D eigenvalue weighted by atomic mass is 10.1. The van der Waals surface area contributed by atoms with Crippen molar-refractivity contribution in [2.45, 2.75) is 25.8 Å². The molecule has 0 aliphatic carbocycles. The van der Waals surface area contributed by atoms with Gasteiger partial charge in [-0.25, -0.2) is 9.97 Å². The van der Waals surface area contributed by atoms with E-state index in [0.717, 1.165) is 48.9 Å². The molecule has 0 radical (unpaired) electrons. The molecule has 0 bridgehead atoms. The highest BCUT2D eigenvalue weighted by atomic mass is 16.5. The third-order valence-corrected chi connectivity index (χ3v) is 4.20. The lowest BCUT2D eigenvalue weighted by molar-refractivity contribution is 0.0904. The SMILES string of the molecule is Cc1cc(Nc2cc(NC3CCOCC3)nc(-c3ccncc3)n2)n[nH]1. The molecule has 8 heteroatoms. The Hall–Kier alpha value is -3.00. The van der Waals surface area contributed by atoms with Crippen molar-refractivity contribution >= 4 is 17.5 Å². The second-order valence-electron chi connectivity index (χ2n) is 6.29. The fourth-order valence-corrected chi connectivity index (χ4v) is 2.88. The van der Waals surface area contributed by atoms with E-state index < -0.39 is 0 Å². The number of nitrogens with one attached hydrogen (secondary N) is 3. The summed E-state index contributed by atoms with van der Waals surface area (Å²) < 4.78 is 5.43. The van der Waals surface area contributed by atoms with Crippen molar-refractivity contribution < 1.29 is 4.74 Å². The molecule has 0 aromatic carbocycles. The molecule has 1 aliphatic heterocycles. The first-order chi connectivity index (χ1) is 12.8. The van der Waals surface area contributed by atoms with E-state index in [1.54, 1.807) is 12.4 Å². The Kier molecular flexibility index (Phi) is 4.74. The quantitative estimate of drug-likeness (QED) is 0.650. The van der Waals surface area contributed by atoms with E-state index in [4.69, 9.17) is 4.74 Å². The molecule has 3 aromatic rings. The van der Waals surface area contributed by atoms with Crippen LogP contribution in [0.15, 0.2) is 36.7 Å². The Morgan fingerprint density at radius 3 is 2.54 bits per heavy atom. The maximum Gasteiger partial charge on any atom is 0.163 e. The summed E-state index contributed by atoms with van der Waals surface area (Å²) in [6, 6.07) is 7.99. The fourth-order valence-electron chi connectivity index (χ4n) is 2.88. The van der Waals surface area contributed by atoms with E-state index in [2.05, 4.69) is 35.8 Å². The van der Waals surface area contributed by atoms with Crippen LogP contribution in [0.25, 0.3) is 11.4 Å². The van der Waals surface area contributed by atoms with Gasteiger partial charge in [-0.05, 0) is 31.9 Å². The van der Waals surface area contributed by atoms with E-state index >= 15 is 0 Å². The van der Waals surface area contributed by atoms with E-state index in [9.17, 15) is 0 Å². The minimum absolute atomic E-state index is 0.351. The van der Waals surface area contributed by atoms with Crippen molar-refractivity contribution in [2.75, 3.05) is 23.8 Å².